The maximum Gasteiger partial charge on any atom is 0.227 e. The number of benzene rings is 1. The fourth-order valence-corrected chi connectivity index (χ4v) is 2.75. The van der Waals surface area contributed by atoms with E-state index in [4.69, 9.17) is 0 Å². The van der Waals surface area contributed by atoms with Gasteiger partial charge in [0.15, 0.2) is 0 Å². The predicted octanol–water partition coefficient (Wildman–Crippen LogP) is 2.86. The Morgan fingerprint density at radius 2 is 1.90 bits per heavy atom. The summed E-state index contributed by atoms with van der Waals surface area (Å²) in [6.07, 6.45) is 2.85. The molecule has 1 aliphatic rings. The normalized spacial score (nSPS) is 18.7. The maximum absolute atomic E-state index is 12.5. The van der Waals surface area contributed by atoms with E-state index in [1.165, 1.54) is 0 Å². The van der Waals surface area contributed by atoms with Crippen molar-refractivity contribution < 1.29 is 4.79 Å². The van der Waals surface area contributed by atoms with Crippen molar-refractivity contribution in [3.8, 4) is 0 Å². The highest BCUT2D eigenvalue weighted by Crippen LogP contribution is 2.23. The van der Waals surface area contributed by atoms with Crippen molar-refractivity contribution in [2.75, 3.05) is 13.1 Å². The molecular formula is C16H25ClN2O. The molecule has 0 saturated carbocycles. The van der Waals surface area contributed by atoms with Crippen LogP contribution in [0.2, 0.25) is 0 Å². The van der Waals surface area contributed by atoms with Crippen LogP contribution in [0.25, 0.3) is 0 Å². The quantitative estimate of drug-likeness (QED) is 0.897. The summed E-state index contributed by atoms with van der Waals surface area (Å²) in [6.45, 7) is 6.20. The number of rotatable bonds is 4. The van der Waals surface area contributed by atoms with Crippen molar-refractivity contribution in [3.63, 3.8) is 0 Å². The number of piperidine rings is 1. The van der Waals surface area contributed by atoms with Crippen LogP contribution in [0.4, 0.5) is 0 Å². The second-order valence-electron chi connectivity index (χ2n) is 5.67. The lowest BCUT2D eigenvalue weighted by molar-refractivity contribution is -0.124. The van der Waals surface area contributed by atoms with Gasteiger partial charge in [0.2, 0.25) is 5.91 Å². The Hall–Kier alpha value is -1.06. The van der Waals surface area contributed by atoms with Gasteiger partial charge >= 0.3 is 0 Å². The fraction of sp³-hybridized carbons (Fsp3) is 0.562. The average molecular weight is 297 g/mol. The molecule has 1 saturated heterocycles. The Morgan fingerprint density at radius 1 is 1.30 bits per heavy atom. The van der Waals surface area contributed by atoms with E-state index < -0.39 is 0 Å². The lowest BCUT2D eigenvalue weighted by Crippen LogP contribution is -2.53. The van der Waals surface area contributed by atoms with Crippen LogP contribution in [0.15, 0.2) is 30.3 Å². The molecule has 1 aromatic carbocycles. The summed E-state index contributed by atoms with van der Waals surface area (Å²) in [5.41, 5.74) is 1.06. The highest BCUT2D eigenvalue weighted by atomic mass is 35.5. The van der Waals surface area contributed by atoms with Gasteiger partial charge in [0.25, 0.3) is 0 Å². The smallest absolute Gasteiger partial charge is 0.227 e. The molecule has 3 nitrogen and oxygen atoms in total. The highest BCUT2D eigenvalue weighted by Gasteiger charge is 2.30. The van der Waals surface area contributed by atoms with E-state index in [9.17, 15) is 4.79 Å². The Morgan fingerprint density at radius 3 is 2.45 bits per heavy atom. The van der Waals surface area contributed by atoms with Gasteiger partial charge in [-0.25, -0.2) is 0 Å². The molecule has 2 N–H and O–H groups in total. The minimum atomic E-state index is -0.0511. The van der Waals surface area contributed by atoms with E-state index in [0.717, 1.165) is 37.9 Å². The minimum Gasteiger partial charge on any atom is -0.350 e. The number of carbonyl (C=O) groups is 1. The van der Waals surface area contributed by atoms with Crippen LogP contribution in [0.5, 0.6) is 0 Å². The van der Waals surface area contributed by atoms with Crippen molar-refractivity contribution in [2.45, 2.75) is 44.6 Å². The summed E-state index contributed by atoms with van der Waals surface area (Å²) in [5.74, 6) is 0.131. The van der Waals surface area contributed by atoms with Gasteiger partial charge < -0.3 is 10.6 Å². The summed E-state index contributed by atoms with van der Waals surface area (Å²) in [7, 11) is 0. The molecule has 1 aliphatic heterocycles. The molecule has 0 bridgehead atoms. The standard InChI is InChI=1S/C16H24N2O.ClH/c1-3-14(13-7-5-4-6-8-13)15(19)18-16(2)9-11-17-12-10-16;/h4-8,14,17H,3,9-12H2,1-2H3,(H,18,19);1H. The zero-order valence-corrected chi connectivity index (χ0v) is 13.1. The number of carbonyl (C=O) groups excluding carboxylic acids is 1. The van der Waals surface area contributed by atoms with Crippen molar-refractivity contribution in [2.24, 2.45) is 0 Å². The summed E-state index contributed by atoms with van der Waals surface area (Å²) < 4.78 is 0. The molecule has 2 rings (SSSR count). The lowest BCUT2D eigenvalue weighted by Gasteiger charge is -2.36. The fourth-order valence-electron chi connectivity index (χ4n) is 2.75. The molecule has 0 aromatic heterocycles. The Bertz CT molecular complexity index is 416. The van der Waals surface area contributed by atoms with Gasteiger partial charge in [-0.3, -0.25) is 4.79 Å². The van der Waals surface area contributed by atoms with E-state index in [-0.39, 0.29) is 29.8 Å². The molecular weight excluding hydrogens is 272 g/mol. The first-order valence-corrected chi connectivity index (χ1v) is 7.22. The molecule has 1 unspecified atom stereocenters. The molecule has 112 valence electrons. The monoisotopic (exact) mass is 296 g/mol. The summed E-state index contributed by atoms with van der Waals surface area (Å²) in [4.78, 5) is 12.5. The molecule has 1 atom stereocenters. The Kier molecular flexibility index (Phi) is 6.50. The van der Waals surface area contributed by atoms with Gasteiger partial charge in [0, 0.05) is 5.54 Å². The van der Waals surface area contributed by atoms with E-state index in [0.29, 0.717) is 0 Å². The second-order valence-corrected chi connectivity index (χ2v) is 5.67. The number of hydrogen-bond acceptors (Lipinski definition) is 2. The van der Waals surface area contributed by atoms with Crippen molar-refractivity contribution >= 4 is 18.3 Å². The molecule has 0 spiro atoms. The van der Waals surface area contributed by atoms with E-state index in [1.54, 1.807) is 0 Å². The first kappa shape index (κ1) is 17.0. The third kappa shape index (κ3) is 4.22. The average Bonchev–Trinajstić information content (AvgIpc) is 2.41. The molecule has 20 heavy (non-hydrogen) atoms. The van der Waals surface area contributed by atoms with Gasteiger partial charge in [0.1, 0.15) is 0 Å². The van der Waals surface area contributed by atoms with Crippen molar-refractivity contribution in [1.82, 2.24) is 10.6 Å². The van der Waals surface area contributed by atoms with E-state index in [2.05, 4.69) is 24.5 Å². The molecule has 4 heteroatoms. The van der Waals surface area contributed by atoms with Crippen molar-refractivity contribution in [3.05, 3.63) is 35.9 Å². The largest absolute Gasteiger partial charge is 0.350 e. The SMILES string of the molecule is CCC(C(=O)NC1(C)CCNCC1)c1ccccc1.Cl. The zero-order chi connectivity index (χ0) is 13.7. The van der Waals surface area contributed by atoms with Gasteiger partial charge in [-0.05, 0) is 44.8 Å². The highest BCUT2D eigenvalue weighted by molar-refractivity contribution is 5.85. The predicted molar refractivity (Wildman–Crippen MR) is 85.4 cm³/mol. The first-order chi connectivity index (χ1) is 9.14. The van der Waals surface area contributed by atoms with Crippen LogP contribution in [-0.4, -0.2) is 24.5 Å². The summed E-state index contributed by atoms with van der Waals surface area (Å²) >= 11 is 0. The Balaban J connectivity index is 0.00000200. The van der Waals surface area contributed by atoms with Crippen molar-refractivity contribution in [1.29, 1.82) is 0 Å². The zero-order valence-electron chi connectivity index (χ0n) is 12.3. The third-order valence-corrected chi connectivity index (χ3v) is 4.06. The molecule has 1 heterocycles. The van der Waals surface area contributed by atoms with Gasteiger partial charge in [-0.1, -0.05) is 37.3 Å². The minimum absolute atomic E-state index is 0. The molecule has 1 amide bonds. The van der Waals surface area contributed by atoms with E-state index in [1.807, 2.05) is 30.3 Å². The first-order valence-electron chi connectivity index (χ1n) is 7.22. The van der Waals surface area contributed by atoms with Crippen LogP contribution in [0.3, 0.4) is 0 Å². The number of hydrogen-bond donors (Lipinski definition) is 2. The van der Waals surface area contributed by atoms with Crippen LogP contribution >= 0.6 is 12.4 Å². The molecule has 1 fully saturated rings. The van der Waals surface area contributed by atoms with Crippen LogP contribution in [0, 0.1) is 0 Å². The summed E-state index contributed by atoms with van der Waals surface area (Å²) in [6, 6.07) is 10.1. The second kappa shape index (κ2) is 7.65. The van der Waals surface area contributed by atoms with Gasteiger partial charge in [0.05, 0.1) is 5.92 Å². The summed E-state index contributed by atoms with van der Waals surface area (Å²) in [5, 5.41) is 6.60. The van der Waals surface area contributed by atoms with Gasteiger partial charge in [-0.15, -0.1) is 12.4 Å². The molecule has 0 aliphatic carbocycles. The molecule has 1 aromatic rings. The van der Waals surface area contributed by atoms with Crippen LogP contribution in [-0.2, 0) is 4.79 Å². The van der Waals surface area contributed by atoms with E-state index >= 15 is 0 Å². The number of amides is 1. The van der Waals surface area contributed by atoms with Crippen LogP contribution in [0.1, 0.15) is 44.6 Å². The maximum atomic E-state index is 12.5. The topological polar surface area (TPSA) is 41.1 Å². The number of halogens is 1. The number of nitrogens with one attached hydrogen (secondary N) is 2. The lowest BCUT2D eigenvalue weighted by atomic mass is 9.88. The van der Waals surface area contributed by atoms with Gasteiger partial charge in [-0.2, -0.15) is 0 Å². The Labute approximate surface area is 127 Å². The third-order valence-electron chi connectivity index (χ3n) is 4.06. The van der Waals surface area contributed by atoms with Crippen LogP contribution < -0.4 is 10.6 Å². The molecule has 0 radical (unpaired) electrons.